The number of ether oxygens (including phenoxy) is 2. The molecule has 1 fully saturated rings. The summed E-state index contributed by atoms with van der Waals surface area (Å²) in [4.78, 5) is 23.7. The molecule has 3 heterocycles. The highest BCUT2D eigenvalue weighted by Gasteiger charge is 2.18. The summed E-state index contributed by atoms with van der Waals surface area (Å²) >= 11 is 0. The Morgan fingerprint density at radius 2 is 2.32 bits per heavy atom. The van der Waals surface area contributed by atoms with E-state index in [1.54, 1.807) is 4.57 Å². The monoisotopic (exact) mass is 349 g/mol. The van der Waals surface area contributed by atoms with Crippen LogP contribution in [0.5, 0.6) is 6.01 Å². The maximum atomic E-state index is 12.3. The van der Waals surface area contributed by atoms with Crippen LogP contribution in [0.3, 0.4) is 0 Å². The van der Waals surface area contributed by atoms with Gasteiger partial charge in [-0.25, -0.2) is 4.79 Å². The Hall–Kier alpha value is -2.09. The van der Waals surface area contributed by atoms with E-state index in [0.29, 0.717) is 23.6 Å². The second-order valence-corrected chi connectivity index (χ2v) is 6.76. The smallest absolute Gasteiger partial charge is 0.327 e. The average Bonchev–Trinajstić information content (AvgIpc) is 2.90. The van der Waals surface area contributed by atoms with Crippen LogP contribution in [0.2, 0.25) is 0 Å². The first kappa shape index (κ1) is 17.7. The van der Waals surface area contributed by atoms with Gasteiger partial charge in [0.25, 0.3) is 0 Å². The minimum absolute atomic E-state index is 0.000325. The van der Waals surface area contributed by atoms with E-state index in [1.165, 1.54) is 0 Å². The number of anilines is 1. The SMILES string of the molecule is CCC[C@H](C)Oc1nc(N)c2[nH]c(=O)n(CCC3CCCOC3)c2n1. The number of imidazole rings is 1. The number of hydrogen-bond acceptors (Lipinski definition) is 6. The van der Waals surface area contributed by atoms with Gasteiger partial charge in [0.2, 0.25) is 0 Å². The summed E-state index contributed by atoms with van der Waals surface area (Å²) in [6.07, 6.45) is 5.01. The molecule has 0 spiro atoms. The molecular weight excluding hydrogens is 322 g/mol. The summed E-state index contributed by atoms with van der Waals surface area (Å²) in [5.41, 5.74) is 6.76. The largest absolute Gasteiger partial charge is 0.460 e. The van der Waals surface area contributed by atoms with Gasteiger partial charge in [-0.15, -0.1) is 0 Å². The summed E-state index contributed by atoms with van der Waals surface area (Å²) in [6, 6.07) is 0.222. The number of fused-ring (bicyclic) bond motifs is 1. The number of nitrogen functional groups attached to an aromatic ring is 1. The zero-order valence-electron chi connectivity index (χ0n) is 15.0. The fourth-order valence-corrected chi connectivity index (χ4v) is 3.28. The highest BCUT2D eigenvalue weighted by Crippen LogP contribution is 2.21. The molecule has 0 saturated carbocycles. The second-order valence-electron chi connectivity index (χ2n) is 6.76. The Balaban J connectivity index is 1.82. The summed E-state index contributed by atoms with van der Waals surface area (Å²) < 4.78 is 12.9. The van der Waals surface area contributed by atoms with Crippen molar-refractivity contribution in [2.45, 2.75) is 58.6 Å². The minimum atomic E-state index is -0.216. The number of nitrogens with one attached hydrogen (secondary N) is 1. The molecule has 2 aromatic heterocycles. The highest BCUT2D eigenvalue weighted by atomic mass is 16.5. The van der Waals surface area contributed by atoms with Crippen LogP contribution in [0.25, 0.3) is 11.2 Å². The number of nitrogens with zero attached hydrogens (tertiary/aromatic N) is 3. The van der Waals surface area contributed by atoms with Crippen LogP contribution in [-0.2, 0) is 11.3 Å². The Bertz CT molecular complexity index is 763. The molecule has 1 aliphatic rings. The number of H-pyrrole nitrogens is 1. The molecule has 2 atom stereocenters. The molecular formula is C17H27N5O3. The summed E-state index contributed by atoms with van der Waals surface area (Å²) in [5.74, 6) is 0.714. The molecule has 3 rings (SSSR count). The number of hydrogen-bond donors (Lipinski definition) is 2. The van der Waals surface area contributed by atoms with Crippen LogP contribution in [0.1, 0.15) is 46.0 Å². The first-order valence-corrected chi connectivity index (χ1v) is 9.09. The van der Waals surface area contributed by atoms with Crippen molar-refractivity contribution in [1.29, 1.82) is 0 Å². The maximum Gasteiger partial charge on any atom is 0.327 e. The molecule has 1 saturated heterocycles. The molecule has 0 radical (unpaired) electrons. The zero-order chi connectivity index (χ0) is 17.8. The van der Waals surface area contributed by atoms with Gasteiger partial charge in [0, 0.05) is 19.8 Å². The van der Waals surface area contributed by atoms with Gasteiger partial charge in [0.05, 0.1) is 6.10 Å². The van der Waals surface area contributed by atoms with Crippen LogP contribution in [0.15, 0.2) is 4.79 Å². The normalized spacial score (nSPS) is 19.2. The van der Waals surface area contributed by atoms with E-state index in [2.05, 4.69) is 21.9 Å². The van der Waals surface area contributed by atoms with E-state index in [1.807, 2.05) is 6.92 Å². The molecule has 138 valence electrons. The van der Waals surface area contributed by atoms with E-state index in [-0.39, 0.29) is 23.6 Å². The van der Waals surface area contributed by atoms with Gasteiger partial charge in [-0.1, -0.05) is 13.3 Å². The van der Waals surface area contributed by atoms with Crippen molar-refractivity contribution in [3.63, 3.8) is 0 Å². The van der Waals surface area contributed by atoms with Gasteiger partial charge in [-0.2, -0.15) is 9.97 Å². The van der Waals surface area contributed by atoms with Crippen LogP contribution in [0, 0.1) is 5.92 Å². The predicted molar refractivity (Wildman–Crippen MR) is 95.7 cm³/mol. The molecule has 1 unspecified atom stereocenters. The lowest BCUT2D eigenvalue weighted by atomic mass is 9.99. The molecule has 8 nitrogen and oxygen atoms in total. The predicted octanol–water partition coefficient (Wildman–Crippen LogP) is 2.09. The molecule has 0 aromatic carbocycles. The zero-order valence-corrected chi connectivity index (χ0v) is 15.0. The van der Waals surface area contributed by atoms with E-state index >= 15 is 0 Å². The third-order valence-corrected chi connectivity index (χ3v) is 4.65. The fourth-order valence-electron chi connectivity index (χ4n) is 3.28. The number of rotatable bonds is 7. The van der Waals surface area contributed by atoms with E-state index in [4.69, 9.17) is 15.2 Å². The van der Waals surface area contributed by atoms with Crippen LogP contribution in [-0.4, -0.2) is 38.8 Å². The number of aryl methyl sites for hydroxylation is 1. The Labute approximate surface area is 146 Å². The highest BCUT2D eigenvalue weighted by molar-refractivity contribution is 5.81. The van der Waals surface area contributed by atoms with Crippen LogP contribution in [0.4, 0.5) is 5.82 Å². The molecule has 0 amide bonds. The van der Waals surface area contributed by atoms with Gasteiger partial charge < -0.3 is 20.2 Å². The van der Waals surface area contributed by atoms with Gasteiger partial charge >= 0.3 is 11.7 Å². The Kier molecular flexibility index (Phi) is 5.57. The van der Waals surface area contributed by atoms with E-state index < -0.39 is 0 Å². The third kappa shape index (κ3) is 4.12. The van der Waals surface area contributed by atoms with Crippen molar-refractivity contribution >= 4 is 17.0 Å². The van der Waals surface area contributed by atoms with Crippen molar-refractivity contribution in [1.82, 2.24) is 19.5 Å². The van der Waals surface area contributed by atoms with Gasteiger partial charge in [0.15, 0.2) is 11.5 Å². The molecule has 25 heavy (non-hydrogen) atoms. The number of aromatic amines is 1. The van der Waals surface area contributed by atoms with Crippen molar-refractivity contribution < 1.29 is 9.47 Å². The summed E-state index contributed by atoms with van der Waals surface area (Å²) in [5, 5.41) is 0. The molecule has 8 heteroatoms. The molecule has 0 bridgehead atoms. The third-order valence-electron chi connectivity index (χ3n) is 4.65. The van der Waals surface area contributed by atoms with Crippen molar-refractivity contribution in [3.8, 4) is 6.01 Å². The minimum Gasteiger partial charge on any atom is -0.460 e. The molecule has 1 aliphatic heterocycles. The molecule has 2 aromatic rings. The standard InChI is InChI=1S/C17H27N5O3/c1-3-5-11(2)25-16-20-14(18)13-15(21-16)22(17(23)19-13)8-7-12-6-4-9-24-10-12/h11-12H,3-10H2,1-2H3,(H,19,23)(H2,18,20,21)/t11-,12?/m0/s1. The average molecular weight is 349 g/mol. The first-order valence-electron chi connectivity index (χ1n) is 9.09. The lowest BCUT2D eigenvalue weighted by Crippen LogP contribution is -2.23. The topological polar surface area (TPSA) is 108 Å². The second kappa shape index (κ2) is 7.86. The van der Waals surface area contributed by atoms with Gasteiger partial charge in [0.1, 0.15) is 5.52 Å². The lowest BCUT2D eigenvalue weighted by molar-refractivity contribution is 0.0501. The van der Waals surface area contributed by atoms with E-state index in [0.717, 1.165) is 45.3 Å². The van der Waals surface area contributed by atoms with Crippen LogP contribution < -0.4 is 16.2 Å². The van der Waals surface area contributed by atoms with Crippen molar-refractivity contribution in [2.75, 3.05) is 18.9 Å². The fraction of sp³-hybridized carbons (Fsp3) is 0.706. The Morgan fingerprint density at radius 1 is 1.48 bits per heavy atom. The van der Waals surface area contributed by atoms with Gasteiger partial charge in [-0.3, -0.25) is 4.57 Å². The summed E-state index contributed by atoms with van der Waals surface area (Å²) in [7, 11) is 0. The van der Waals surface area contributed by atoms with Crippen molar-refractivity contribution in [2.24, 2.45) is 5.92 Å². The quantitative estimate of drug-likeness (QED) is 0.792. The maximum absolute atomic E-state index is 12.3. The molecule has 0 aliphatic carbocycles. The number of nitrogens with two attached hydrogens (primary N) is 1. The van der Waals surface area contributed by atoms with Crippen molar-refractivity contribution in [3.05, 3.63) is 10.5 Å². The summed E-state index contributed by atoms with van der Waals surface area (Å²) in [6.45, 7) is 6.24. The number of aromatic nitrogens is 4. The Morgan fingerprint density at radius 3 is 3.04 bits per heavy atom. The lowest BCUT2D eigenvalue weighted by Gasteiger charge is -2.21. The molecule has 3 N–H and O–H groups in total. The van der Waals surface area contributed by atoms with Gasteiger partial charge in [-0.05, 0) is 38.5 Å². The first-order chi connectivity index (χ1) is 12.1. The van der Waals surface area contributed by atoms with Crippen LogP contribution >= 0.6 is 0 Å². The van der Waals surface area contributed by atoms with E-state index in [9.17, 15) is 4.79 Å².